The molecule has 0 radical (unpaired) electrons. The fourth-order valence-electron chi connectivity index (χ4n) is 2.47. The van der Waals surface area contributed by atoms with E-state index in [0.717, 1.165) is 27.7 Å². The zero-order valence-corrected chi connectivity index (χ0v) is 11.2. The Kier molecular flexibility index (Phi) is 3.41. The number of nitrogens with two attached hydrogens (primary N) is 1. The number of rotatable bonds is 3. The van der Waals surface area contributed by atoms with Crippen molar-refractivity contribution in [3.8, 4) is 0 Å². The third-order valence-electron chi connectivity index (χ3n) is 3.40. The first-order valence-corrected chi connectivity index (χ1v) is 6.52. The molecule has 2 heterocycles. The summed E-state index contributed by atoms with van der Waals surface area (Å²) in [6.07, 6.45) is 3.60. The Bertz CT molecular complexity index is 734. The predicted molar refractivity (Wildman–Crippen MR) is 79.9 cm³/mol. The lowest BCUT2D eigenvalue weighted by Gasteiger charge is -2.18. The van der Waals surface area contributed by atoms with Crippen molar-refractivity contribution < 1.29 is 0 Å². The Morgan fingerprint density at radius 2 is 1.90 bits per heavy atom. The van der Waals surface area contributed by atoms with Crippen molar-refractivity contribution in [3.05, 3.63) is 71.7 Å². The number of aryl methyl sites for hydroxylation is 1. The SMILES string of the molecule is Cc1cc(C(NN)c2cccc3cccnc23)ccn1. The molecule has 20 heavy (non-hydrogen) atoms. The van der Waals surface area contributed by atoms with Gasteiger partial charge in [0.15, 0.2) is 0 Å². The molecule has 0 fully saturated rings. The molecule has 1 aromatic carbocycles. The zero-order valence-electron chi connectivity index (χ0n) is 11.2. The summed E-state index contributed by atoms with van der Waals surface area (Å²) >= 11 is 0. The number of nitrogens with zero attached hydrogens (tertiary/aromatic N) is 2. The average molecular weight is 264 g/mol. The molecule has 2 aromatic heterocycles. The molecule has 0 amide bonds. The lowest BCUT2D eigenvalue weighted by Crippen LogP contribution is -2.29. The topological polar surface area (TPSA) is 63.8 Å². The molecule has 4 heteroatoms. The number of benzene rings is 1. The van der Waals surface area contributed by atoms with Gasteiger partial charge in [0.05, 0.1) is 11.6 Å². The Hall–Kier alpha value is -2.30. The summed E-state index contributed by atoms with van der Waals surface area (Å²) in [6, 6.07) is 14.0. The van der Waals surface area contributed by atoms with Crippen LogP contribution in [0.2, 0.25) is 0 Å². The van der Waals surface area contributed by atoms with Gasteiger partial charge >= 0.3 is 0 Å². The molecule has 3 N–H and O–H groups in total. The summed E-state index contributed by atoms with van der Waals surface area (Å²) in [6.45, 7) is 1.97. The minimum atomic E-state index is -0.102. The van der Waals surface area contributed by atoms with Gasteiger partial charge in [-0.2, -0.15) is 0 Å². The van der Waals surface area contributed by atoms with Crippen molar-refractivity contribution in [2.24, 2.45) is 5.84 Å². The largest absolute Gasteiger partial charge is 0.271 e. The van der Waals surface area contributed by atoms with Crippen molar-refractivity contribution >= 4 is 10.9 Å². The highest BCUT2D eigenvalue weighted by atomic mass is 15.2. The number of fused-ring (bicyclic) bond motifs is 1. The van der Waals surface area contributed by atoms with E-state index in [2.05, 4.69) is 33.6 Å². The lowest BCUT2D eigenvalue weighted by molar-refractivity contribution is 0.638. The van der Waals surface area contributed by atoms with Crippen LogP contribution >= 0.6 is 0 Å². The lowest BCUT2D eigenvalue weighted by atomic mass is 9.97. The summed E-state index contributed by atoms with van der Waals surface area (Å²) in [5, 5.41) is 1.11. The molecule has 0 saturated heterocycles. The van der Waals surface area contributed by atoms with Crippen LogP contribution in [0.25, 0.3) is 10.9 Å². The molecule has 0 saturated carbocycles. The van der Waals surface area contributed by atoms with Crippen LogP contribution in [0.4, 0.5) is 0 Å². The first-order valence-electron chi connectivity index (χ1n) is 6.52. The second kappa shape index (κ2) is 5.36. The van der Waals surface area contributed by atoms with Crippen LogP contribution in [-0.4, -0.2) is 9.97 Å². The van der Waals surface area contributed by atoms with Crippen LogP contribution in [-0.2, 0) is 0 Å². The second-order valence-electron chi connectivity index (χ2n) is 4.75. The molecule has 1 atom stereocenters. The van der Waals surface area contributed by atoms with Crippen molar-refractivity contribution in [1.29, 1.82) is 0 Å². The number of nitrogens with one attached hydrogen (secondary N) is 1. The molecule has 3 rings (SSSR count). The highest BCUT2D eigenvalue weighted by Crippen LogP contribution is 2.27. The van der Waals surface area contributed by atoms with Crippen molar-refractivity contribution in [1.82, 2.24) is 15.4 Å². The van der Waals surface area contributed by atoms with Gasteiger partial charge < -0.3 is 0 Å². The number of pyridine rings is 2. The minimum Gasteiger partial charge on any atom is -0.271 e. The highest BCUT2D eigenvalue weighted by Gasteiger charge is 2.16. The molecule has 0 spiro atoms. The first-order chi connectivity index (χ1) is 9.79. The Morgan fingerprint density at radius 3 is 2.70 bits per heavy atom. The number of hydrogen-bond acceptors (Lipinski definition) is 4. The Balaban J connectivity index is 2.17. The number of hydrogen-bond donors (Lipinski definition) is 2. The molecule has 3 aromatic rings. The monoisotopic (exact) mass is 264 g/mol. The molecule has 4 nitrogen and oxygen atoms in total. The van der Waals surface area contributed by atoms with Crippen LogP contribution in [0.1, 0.15) is 22.9 Å². The van der Waals surface area contributed by atoms with Gasteiger partial charge in [-0.25, -0.2) is 5.43 Å². The normalized spacial score (nSPS) is 12.5. The number of para-hydroxylation sites is 1. The number of hydrazine groups is 1. The van der Waals surface area contributed by atoms with E-state index >= 15 is 0 Å². The van der Waals surface area contributed by atoms with Crippen LogP contribution in [0.5, 0.6) is 0 Å². The summed E-state index contributed by atoms with van der Waals surface area (Å²) in [7, 11) is 0. The van der Waals surface area contributed by atoms with Crippen LogP contribution in [0.3, 0.4) is 0 Å². The van der Waals surface area contributed by atoms with E-state index in [0.29, 0.717) is 0 Å². The molecule has 0 bridgehead atoms. The van der Waals surface area contributed by atoms with Crippen LogP contribution in [0, 0.1) is 6.92 Å². The third kappa shape index (κ3) is 2.27. The van der Waals surface area contributed by atoms with E-state index in [1.807, 2.05) is 31.2 Å². The molecule has 100 valence electrons. The van der Waals surface area contributed by atoms with Gasteiger partial charge in [-0.1, -0.05) is 24.3 Å². The molecule has 0 aliphatic rings. The molecule has 0 aliphatic heterocycles. The summed E-state index contributed by atoms with van der Waals surface area (Å²) in [5.74, 6) is 5.78. The van der Waals surface area contributed by atoms with Crippen molar-refractivity contribution in [3.63, 3.8) is 0 Å². The molecule has 0 aliphatic carbocycles. The smallest absolute Gasteiger partial charge is 0.0753 e. The van der Waals surface area contributed by atoms with Crippen LogP contribution in [0.15, 0.2) is 54.9 Å². The van der Waals surface area contributed by atoms with Gasteiger partial charge in [-0.3, -0.25) is 15.8 Å². The number of aromatic nitrogens is 2. The van der Waals surface area contributed by atoms with Gasteiger partial charge in [-0.05, 0) is 30.7 Å². The first kappa shape index (κ1) is 12.7. The quantitative estimate of drug-likeness (QED) is 0.563. The average Bonchev–Trinajstić information content (AvgIpc) is 2.48. The van der Waals surface area contributed by atoms with Gasteiger partial charge in [0.25, 0.3) is 0 Å². The van der Waals surface area contributed by atoms with Gasteiger partial charge in [0, 0.05) is 29.0 Å². The van der Waals surface area contributed by atoms with Gasteiger partial charge in [0.2, 0.25) is 0 Å². The van der Waals surface area contributed by atoms with E-state index in [1.165, 1.54) is 0 Å². The van der Waals surface area contributed by atoms with Crippen LogP contribution < -0.4 is 11.3 Å². The fourth-order valence-corrected chi connectivity index (χ4v) is 2.47. The summed E-state index contributed by atoms with van der Waals surface area (Å²) in [5.41, 5.74) is 6.97. The van der Waals surface area contributed by atoms with E-state index in [4.69, 9.17) is 5.84 Å². The Morgan fingerprint density at radius 1 is 1.05 bits per heavy atom. The van der Waals surface area contributed by atoms with Crippen molar-refractivity contribution in [2.45, 2.75) is 13.0 Å². The highest BCUT2D eigenvalue weighted by molar-refractivity contribution is 5.82. The maximum Gasteiger partial charge on any atom is 0.0753 e. The van der Waals surface area contributed by atoms with E-state index in [9.17, 15) is 0 Å². The third-order valence-corrected chi connectivity index (χ3v) is 3.40. The fraction of sp³-hybridized carbons (Fsp3) is 0.125. The summed E-state index contributed by atoms with van der Waals surface area (Å²) in [4.78, 5) is 8.72. The van der Waals surface area contributed by atoms with Crippen molar-refractivity contribution in [2.75, 3.05) is 0 Å². The van der Waals surface area contributed by atoms with E-state index in [1.54, 1.807) is 12.4 Å². The second-order valence-corrected chi connectivity index (χ2v) is 4.75. The maximum absolute atomic E-state index is 5.78. The minimum absolute atomic E-state index is 0.102. The van der Waals surface area contributed by atoms with Gasteiger partial charge in [-0.15, -0.1) is 0 Å². The standard InChI is InChI=1S/C16H16N4/c1-11-10-13(7-9-18-11)16(20-17)14-6-2-4-12-5-3-8-19-15(12)14/h2-10,16,20H,17H2,1H3. The van der Waals surface area contributed by atoms with E-state index in [-0.39, 0.29) is 6.04 Å². The zero-order chi connectivity index (χ0) is 13.9. The predicted octanol–water partition coefficient (Wildman–Crippen LogP) is 2.49. The summed E-state index contributed by atoms with van der Waals surface area (Å²) < 4.78 is 0. The molecular weight excluding hydrogens is 248 g/mol. The molecular formula is C16H16N4. The maximum atomic E-state index is 5.78. The molecule has 1 unspecified atom stereocenters. The van der Waals surface area contributed by atoms with E-state index < -0.39 is 0 Å². The van der Waals surface area contributed by atoms with Gasteiger partial charge in [0.1, 0.15) is 0 Å². The Labute approximate surface area is 117 Å².